The molecular formula is C12H15F2O5S-. The van der Waals surface area contributed by atoms with E-state index < -0.39 is 27.4 Å². The largest absolute Gasteiger partial charge is 0.743 e. The quantitative estimate of drug-likeness (QED) is 0.582. The van der Waals surface area contributed by atoms with Gasteiger partial charge in [-0.1, -0.05) is 0 Å². The van der Waals surface area contributed by atoms with Crippen molar-refractivity contribution in [3.63, 3.8) is 0 Å². The van der Waals surface area contributed by atoms with Crippen LogP contribution in [0.3, 0.4) is 0 Å². The Kier molecular flexibility index (Phi) is 3.10. The molecule has 0 atom stereocenters. The highest BCUT2D eigenvalue weighted by Crippen LogP contribution is 2.54. The van der Waals surface area contributed by atoms with Gasteiger partial charge < -0.3 is 9.29 Å². The lowest BCUT2D eigenvalue weighted by Gasteiger charge is -2.53. The molecule has 0 aromatic rings. The van der Waals surface area contributed by atoms with E-state index in [0.717, 1.165) is 32.1 Å². The smallest absolute Gasteiger partial charge is 0.428 e. The van der Waals surface area contributed by atoms with E-state index in [9.17, 15) is 26.5 Å². The monoisotopic (exact) mass is 309 g/mol. The summed E-state index contributed by atoms with van der Waals surface area (Å²) in [7, 11) is -6.04. The van der Waals surface area contributed by atoms with Gasteiger partial charge in [0.15, 0.2) is 10.1 Å². The van der Waals surface area contributed by atoms with E-state index in [2.05, 4.69) is 0 Å². The summed E-state index contributed by atoms with van der Waals surface area (Å²) in [5.41, 5.74) is 0. The van der Waals surface area contributed by atoms with E-state index in [4.69, 9.17) is 4.74 Å². The maximum atomic E-state index is 13.2. The molecule has 4 bridgehead atoms. The van der Waals surface area contributed by atoms with Crippen LogP contribution in [0.5, 0.6) is 0 Å². The molecule has 8 heteroatoms. The first-order valence-electron chi connectivity index (χ1n) is 6.73. The minimum Gasteiger partial charge on any atom is -0.743 e. The molecule has 0 heterocycles. The molecule has 0 unspecified atom stereocenters. The van der Waals surface area contributed by atoms with Crippen LogP contribution >= 0.6 is 0 Å². The zero-order chi connectivity index (χ0) is 14.7. The van der Waals surface area contributed by atoms with Gasteiger partial charge in [-0.2, -0.15) is 8.78 Å². The summed E-state index contributed by atoms with van der Waals surface area (Å²) >= 11 is 0. The summed E-state index contributed by atoms with van der Waals surface area (Å²) in [6.07, 6.45) is 3.82. The van der Waals surface area contributed by atoms with Crippen molar-refractivity contribution in [1.29, 1.82) is 0 Å². The summed E-state index contributed by atoms with van der Waals surface area (Å²) in [4.78, 5) is 11.4. The molecule has 4 saturated carbocycles. The molecule has 4 aliphatic rings. The molecule has 0 aromatic heterocycles. The number of hydrogen-bond donors (Lipinski definition) is 0. The summed E-state index contributed by atoms with van der Waals surface area (Å²) < 4.78 is 62.4. The lowest BCUT2D eigenvalue weighted by Crippen LogP contribution is -2.52. The van der Waals surface area contributed by atoms with Crippen molar-refractivity contribution in [2.24, 2.45) is 23.7 Å². The third-order valence-electron chi connectivity index (χ3n) is 4.93. The second-order valence-electron chi connectivity index (χ2n) is 6.27. The Morgan fingerprint density at radius 3 is 1.90 bits per heavy atom. The third-order valence-corrected chi connectivity index (χ3v) is 5.73. The standard InChI is InChI=1S/C12H16F2O5S/c13-12(14,20(16,17)18)11(15)19-10-8-2-6-1-7(4-8)5-9(10)3-6/h6-10H,1-5H2,(H,16,17,18)/p-1. The van der Waals surface area contributed by atoms with Crippen molar-refractivity contribution in [2.75, 3.05) is 0 Å². The Morgan fingerprint density at radius 1 is 1.05 bits per heavy atom. The Bertz CT molecular complexity index is 502. The van der Waals surface area contributed by atoms with Crippen LogP contribution in [0.15, 0.2) is 0 Å². The first-order chi connectivity index (χ1) is 9.18. The summed E-state index contributed by atoms with van der Waals surface area (Å²) in [5, 5.41) is -5.00. The average Bonchev–Trinajstić information content (AvgIpc) is 2.31. The van der Waals surface area contributed by atoms with Gasteiger partial charge in [0.05, 0.1) is 0 Å². The minimum atomic E-state index is -6.04. The van der Waals surface area contributed by atoms with E-state index in [0.29, 0.717) is 11.8 Å². The van der Waals surface area contributed by atoms with Crippen LogP contribution in [-0.4, -0.2) is 30.3 Å². The normalized spacial score (nSPS) is 39.9. The highest BCUT2D eigenvalue weighted by atomic mass is 32.2. The molecule has 4 rings (SSSR count). The van der Waals surface area contributed by atoms with Gasteiger partial charge in [-0.25, -0.2) is 13.2 Å². The second-order valence-corrected chi connectivity index (χ2v) is 7.69. The zero-order valence-electron chi connectivity index (χ0n) is 10.6. The van der Waals surface area contributed by atoms with Crippen LogP contribution in [0.1, 0.15) is 32.1 Å². The highest BCUT2D eigenvalue weighted by molar-refractivity contribution is 7.87. The van der Waals surface area contributed by atoms with Gasteiger partial charge in [0.25, 0.3) is 0 Å². The number of carbonyl (C=O) groups excluding carboxylic acids is 1. The number of rotatable bonds is 3. The molecule has 0 N–H and O–H groups in total. The van der Waals surface area contributed by atoms with Crippen LogP contribution in [0.25, 0.3) is 0 Å². The van der Waals surface area contributed by atoms with Crippen molar-refractivity contribution in [2.45, 2.75) is 43.5 Å². The van der Waals surface area contributed by atoms with E-state index >= 15 is 0 Å². The first kappa shape index (κ1) is 14.2. The van der Waals surface area contributed by atoms with Gasteiger partial charge in [0, 0.05) is 0 Å². The lowest BCUT2D eigenvalue weighted by molar-refractivity contribution is -0.186. The fourth-order valence-corrected chi connectivity index (χ4v) is 4.61. The van der Waals surface area contributed by atoms with Crippen LogP contribution < -0.4 is 0 Å². The summed E-state index contributed by atoms with van der Waals surface area (Å²) in [6.45, 7) is 0. The average molecular weight is 309 g/mol. The van der Waals surface area contributed by atoms with Crippen LogP contribution in [0.4, 0.5) is 8.78 Å². The van der Waals surface area contributed by atoms with E-state index in [1.165, 1.54) is 0 Å². The summed E-state index contributed by atoms with van der Waals surface area (Å²) in [5.74, 6) is -1.03. The Labute approximate surface area is 115 Å². The molecule has 0 aliphatic heterocycles. The van der Waals surface area contributed by atoms with Crippen molar-refractivity contribution < 1.29 is 31.3 Å². The van der Waals surface area contributed by atoms with E-state index in [-0.39, 0.29) is 11.8 Å². The highest BCUT2D eigenvalue weighted by Gasteiger charge is 2.54. The number of alkyl halides is 2. The van der Waals surface area contributed by atoms with E-state index in [1.807, 2.05) is 0 Å². The number of halogens is 2. The van der Waals surface area contributed by atoms with Gasteiger partial charge in [-0.05, 0) is 55.8 Å². The first-order valence-corrected chi connectivity index (χ1v) is 8.13. The molecule has 20 heavy (non-hydrogen) atoms. The second kappa shape index (κ2) is 4.37. The van der Waals surface area contributed by atoms with Gasteiger partial charge in [0.1, 0.15) is 6.10 Å². The van der Waals surface area contributed by atoms with E-state index in [1.54, 1.807) is 0 Å². The van der Waals surface area contributed by atoms with Crippen molar-refractivity contribution in [3.05, 3.63) is 0 Å². The van der Waals surface area contributed by atoms with Gasteiger partial charge >= 0.3 is 11.2 Å². The van der Waals surface area contributed by atoms with Gasteiger partial charge in [-0.3, -0.25) is 0 Å². The zero-order valence-corrected chi connectivity index (χ0v) is 11.4. The van der Waals surface area contributed by atoms with Crippen LogP contribution in [0.2, 0.25) is 0 Å². The Balaban J connectivity index is 1.74. The number of ether oxygens (including phenoxy) is 1. The molecule has 0 amide bonds. The molecule has 0 saturated heterocycles. The maximum absolute atomic E-state index is 13.2. The predicted octanol–water partition coefficient (Wildman–Crippen LogP) is 1.49. The lowest BCUT2D eigenvalue weighted by atomic mass is 9.55. The fraction of sp³-hybridized carbons (Fsp3) is 0.917. The molecule has 114 valence electrons. The molecule has 0 spiro atoms. The van der Waals surface area contributed by atoms with Crippen LogP contribution in [-0.2, 0) is 19.6 Å². The summed E-state index contributed by atoms with van der Waals surface area (Å²) in [6, 6.07) is 0. The molecule has 0 aromatic carbocycles. The number of hydrogen-bond acceptors (Lipinski definition) is 5. The van der Waals surface area contributed by atoms with Gasteiger partial charge in [-0.15, -0.1) is 0 Å². The van der Waals surface area contributed by atoms with Crippen LogP contribution in [0, 0.1) is 23.7 Å². The molecular weight excluding hydrogens is 294 g/mol. The Morgan fingerprint density at radius 2 is 1.50 bits per heavy atom. The molecule has 4 aliphatic carbocycles. The Hall–Kier alpha value is -0.760. The maximum Gasteiger partial charge on any atom is 0.428 e. The van der Waals surface area contributed by atoms with Gasteiger partial charge in [0.2, 0.25) is 0 Å². The third kappa shape index (κ3) is 2.13. The number of esters is 1. The topological polar surface area (TPSA) is 83.5 Å². The molecule has 5 nitrogen and oxygen atoms in total. The van der Waals surface area contributed by atoms with Crippen molar-refractivity contribution in [3.8, 4) is 0 Å². The minimum absolute atomic E-state index is 0.0281. The fourth-order valence-electron chi connectivity index (χ4n) is 4.36. The molecule has 4 fully saturated rings. The molecule has 0 radical (unpaired) electrons. The van der Waals surface area contributed by atoms with Crippen molar-refractivity contribution >= 4 is 16.1 Å². The number of carbonyl (C=O) groups is 1. The SMILES string of the molecule is O=C(OC1C2CC3CC(C2)CC1C3)C(F)(F)S(=O)(=O)[O-]. The predicted molar refractivity (Wildman–Crippen MR) is 61.6 cm³/mol. The van der Waals surface area contributed by atoms with Crippen molar-refractivity contribution in [1.82, 2.24) is 0 Å².